The first-order chi connectivity index (χ1) is 14.3. The highest BCUT2D eigenvalue weighted by Crippen LogP contribution is 2.29. The van der Waals surface area contributed by atoms with Crippen molar-refractivity contribution in [2.75, 3.05) is 18.1 Å². The van der Waals surface area contributed by atoms with E-state index in [0.717, 1.165) is 11.3 Å². The molecule has 1 aliphatic rings. The lowest BCUT2D eigenvalue weighted by Gasteiger charge is -2.16. The highest BCUT2D eigenvalue weighted by molar-refractivity contribution is 6.01. The molecule has 0 radical (unpaired) electrons. The van der Waals surface area contributed by atoms with Crippen LogP contribution in [0.2, 0.25) is 0 Å². The van der Waals surface area contributed by atoms with Crippen molar-refractivity contribution >= 4 is 29.0 Å². The number of amides is 1. The molecule has 0 fully saturated rings. The molecule has 1 atom stereocenters. The van der Waals surface area contributed by atoms with E-state index in [0.29, 0.717) is 18.5 Å². The summed E-state index contributed by atoms with van der Waals surface area (Å²) in [4.78, 5) is 48.3. The Hall–Kier alpha value is -3.75. The molecule has 156 valence electrons. The van der Waals surface area contributed by atoms with E-state index in [9.17, 15) is 24.5 Å². The molecule has 1 amide bonds. The number of para-hydroxylation sites is 2. The lowest BCUT2D eigenvalue weighted by Crippen LogP contribution is -2.27. The average Bonchev–Trinajstić information content (AvgIpc) is 3.15. The van der Waals surface area contributed by atoms with E-state index in [1.54, 1.807) is 29.2 Å². The number of carbonyl (C=O) groups excluding carboxylic acids is 3. The number of rotatable bonds is 7. The van der Waals surface area contributed by atoms with Crippen molar-refractivity contribution in [1.29, 1.82) is 0 Å². The van der Waals surface area contributed by atoms with E-state index >= 15 is 0 Å². The Morgan fingerprint density at radius 1 is 1.20 bits per heavy atom. The van der Waals surface area contributed by atoms with Crippen LogP contribution in [0.15, 0.2) is 42.5 Å². The number of fused-ring (bicyclic) bond motifs is 1. The van der Waals surface area contributed by atoms with Crippen LogP contribution in [-0.2, 0) is 20.7 Å². The SMILES string of the molecule is CC(=O)N1CCc2cc(C(=O)C(C)OC(=O)COc3ccccc3[N+](=O)[O-])ccc21. The zero-order chi connectivity index (χ0) is 21.8. The molecular weight excluding hydrogens is 392 g/mol. The Balaban J connectivity index is 1.60. The van der Waals surface area contributed by atoms with E-state index in [1.165, 1.54) is 32.0 Å². The molecular formula is C21H20N2O7. The van der Waals surface area contributed by atoms with Crippen LogP contribution in [0.4, 0.5) is 11.4 Å². The fourth-order valence-corrected chi connectivity index (χ4v) is 3.27. The molecule has 0 saturated heterocycles. The molecule has 2 aromatic carbocycles. The van der Waals surface area contributed by atoms with Crippen molar-refractivity contribution < 1.29 is 28.8 Å². The van der Waals surface area contributed by atoms with Crippen LogP contribution in [0.5, 0.6) is 5.75 Å². The van der Waals surface area contributed by atoms with Gasteiger partial charge in [0.1, 0.15) is 0 Å². The molecule has 30 heavy (non-hydrogen) atoms. The van der Waals surface area contributed by atoms with Crippen molar-refractivity contribution in [1.82, 2.24) is 0 Å². The number of esters is 1. The fraction of sp³-hybridized carbons (Fsp3) is 0.286. The second-order valence-electron chi connectivity index (χ2n) is 6.77. The molecule has 9 heteroatoms. The Morgan fingerprint density at radius 3 is 2.63 bits per heavy atom. The standard InChI is InChI=1S/C21H20N2O7/c1-13(30-20(25)12-29-19-6-4-3-5-18(19)23(27)28)21(26)16-7-8-17-15(11-16)9-10-22(17)14(2)24/h3-8,11,13H,9-10,12H2,1-2H3. The van der Waals surface area contributed by atoms with Crippen molar-refractivity contribution in [3.63, 3.8) is 0 Å². The largest absolute Gasteiger partial charge is 0.475 e. The van der Waals surface area contributed by atoms with Gasteiger partial charge in [0.15, 0.2) is 18.5 Å². The average molecular weight is 412 g/mol. The Bertz CT molecular complexity index is 1020. The number of carbonyl (C=O) groups is 3. The molecule has 0 N–H and O–H groups in total. The number of nitrogens with zero attached hydrogens (tertiary/aromatic N) is 2. The van der Waals surface area contributed by atoms with Crippen molar-refractivity contribution in [2.45, 2.75) is 26.4 Å². The number of hydrogen-bond acceptors (Lipinski definition) is 7. The molecule has 0 aromatic heterocycles. The van der Waals surface area contributed by atoms with Crippen LogP contribution >= 0.6 is 0 Å². The predicted octanol–water partition coefficient (Wildman–Crippen LogP) is 2.70. The summed E-state index contributed by atoms with van der Waals surface area (Å²) in [5, 5.41) is 11.0. The number of nitro benzene ring substituents is 1. The smallest absolute Gasteiger partial charge is 0.344 e. The van der Waals surface area contributed by atoms with Gasteiger partial charge in [-0.15, -0.1) is 0 Å². The van der Waals surface area contributed by atoms with Crippen molar-refractivity contribution in [2.24, 2.45) is 0 Å². The zero-order valence-corrected chi connectivity index (χ0v) is 16.5. The van der Waals surface area contributed by atoms with E-state index < -0.39 is 29.4 Å². The molecule has 9 nitrogen and oxygen atoms in total. The minimum absolute atomic E-state index is 0.0613. The van der Waals surface area contributed by atoms with Gasteiger partial charge in [-0.2, -0.15) is 0 Å². The first-order valence-corrected chi connectivity index (χ1v) is 9.29. The van der Waals surface area contributed by atoms with Gasteiger partial charge in [0.05, 0.1) is 4.92 Å². The number of Topliss-reactive ketones (excluding diaryl/α,β-unsaturated/α-hetero) is 1. The molecule has 1 unspecified atom stereocenters. The number of ketones is 1. The summed E-state index contributed by atoms with van der Waals surface area (Å²) in [6.07, 6.45) is -0.413. The van der Waals surface area contributed by atoms with Crippen LogP contribution in [-0.4, -0.2) is 41.8 Å². The normalized spacial score (nSPS) is 13.3. The third-order valence-corrected chi connectivity index (χ3v) is 4.72. The Kier molecular flexibility index (Phi) is 6.10. The maximum Gasteiger partial charge on any atom is 0.344 e. The minimum Gasteiger partial charge on any atom is -0.475 e. The summed E-state index contributed by atoms with van der Waals surface area (Å²) < 4.78 is 10.3. The maximum absolute atomic E-state index is 12.6. The first-order valence-electron chi connectivity index (χ1n) is 9.29. The highest BCUT2D eigenvalue weighted by Gasteiger charge is 2.26. The lowest BCUT2D eigenvalue weighted by atomic mass is 10.0. The van der Waals surface area contributed by atoms with Gasteiger partial charge < -0.3 is 14.4 Å². The van der Waals surface area contributed by atoms with Crippen molar-refractivity contribution in [3.05, 3.63) is 63.7 Å². The van der Waals surface area contributed by atoms with Crippen LogP contribution in [0.25, 0.3) is 0 Å². The molecule has 2 aromatic rings. The second-order valence-corrected chi connectivity index (χ2v) is 6.77. The summed E-state index contributed by atoms with van der Waals surface area (Å²) >= 11 is 0. The number of anilines is 1. The summed E-state index contributed by atoms with van der Waals surface area (Å²) in [5.74, 6) is -1.34. The number of benzene rings is 2. The molecule has 0 bridgehead atoms. The van der Waals surface area contributed by atoms with Crippen LogP contribution in [0.1, 0.15) is 29.8 Å². The van der Waals surface area contributed by atoms with E-state index in [1.807, 2.05) is 0 Å². The number of hydrogen-bond donors (Lipinski definition) is 0. The van der Waals surface area contributed by atoms with E-state index in [2.05, 4.69) is 0 Å². The van der Waals surface area contributed by atoms with E-state index in [-0.39, 0.29) is 17.3 Å². The summed E-state index contributed by atoms with van der Waals surface area (Å²) in [5.41, 5.74) is 1.77. The zero-order valence-electron chi connectivity index (χ0n) is 16.5. The third-order valence-electron chi connectivity index (χ3n) is 4.72. The monoisotopic (exact) mass is 412 g/mol. The summed E-state index contributed by atoms with van der Waals surface area (Å²) in [6, 6.07) is 10.7. The maximum atomic E-state index is 12.6. The molecule has 1 aliphatic heterocycles. The molecule has 0 spiro atoms. The summed E-state index contributed by atoms with van der Waals surface area (Å²) in [7, 11) is 0. The Morgan fingerprint density at radius 2 is 1.93 bits per heavy atom. The molecule has 1 heterocycles. The van der Waals surface area contributed by atoms with Crippen LogP contribution in [0, 0.1) is 10.1 Å². The highest BCUT2D eigenvalue weighted by atomic mass is 16.6. The Labute approximate surface area is 172 Å². The van der Waals surface area contributed by atoms with Gasteiger partial charge in [-0.3, -0.25) is 19.7 Å². The van der Waals surface area contributed by atoms with Gasteiger partial charge in [0.2, 0.25) is 11.7 Å². The van der Waals surface area contributed by atoms with Gasteiger partial charge in [0.25, 0.3) is 0 Å². The van der Waals surface area contributed by atoms with Gasteiger partial charge in [0, 0.05) is 30.8 Å². The molecule has 3 rings (SSSR count). The minimum atomic E-state index is -1.06. The predicted molar refractivity (Wildman–Crippen MR) is 107 cm³/mol. The van der Waals surface area contributed by atoms with Gasteiger partial charge in [-0.05, 0) is 43.2 Å². The van der Waals surface area contributed by atoms with Crippen molar-refractivity contribution in [3.8, 4) is 5.75 Å². The molecule has 0 aliphatic carbocycles. The number of ether oxygens (including phenoxy) is 2. The second kappa shape index (κ2) is 8.73. The third kappa shape index (κ3) is 4.45. The quantitative estimate of drug-likeness (QED) is 0.297. The van der Waals surface area contributed by atoms with Gasteiger partial charge in [-0.25, -0.2) is 4.79 Å². The molecule has 0 saturated carbocycles. The summed E-state index contributed by atoms with van der Waals surface area (Å²) in [6.45, 7) is 2.93. The van der Waals surface area contributed by atoms with Gasteiger partial charge >= 0.3 is 11.7 Å². The number of nitro groups is 1. The van der Waals surface area contributed by atoms with E-state index in [4.69, 9.17) is 9.47 Å². The topological polar surface area (TPSA) is 116 Å². The first kappa shape index (κ1) is 21.0. The van der Waals surface area contributed by atoms with Crippen LogP contribution < -0.4 is 9.64 Å². The van der Waals surface area contributed by atoms with Gasteiger partial charge in [-0.1, -0.05) is 12.1 Å². The fourth-order valence-electron chi connectivity index (χ4n) is 3.27. The lowest BCUT2D eigenvalue weighted by molar-refractivity contribution is -0.385. The van der Waals surface area contributed by atoms with Crippen LogP contribution in [0.3, 0.4) is 0 Å².